The summed E-state index contributed by atoms with van der Waals surface area (Å²) in [4.78, 5) is 48.1. The Bertz CT molecular complexity index is 1300. The molecule has 0 radical (unpaired) electrons. The minimum absolute atomic E-state index is 0.742. The maximum absolute atomic E-state index is 12.4. The molecule has 0 aromatic heterocycles. The third-order valence-corrected chi connectivity index (χ3v) is 8.98. The van der Waals surface area contributed by atoms with E-state index >= 15 is 0 Å². The summed E-state index contributed by atoms with van der Waals surface area (Å²) in [5, 5.41) is 120. The lowest BCUT2D eigenvalue weighted by Crippen LogP contribution is -2.70. The number of rotatable bonds is 12. The predicted octanol–water partition coefficient (Wildman–Crippen LogP) is -9.88. The van der Waals surface area contributed by atoms with Crippen molar-refractivity contribution in [2.45, 2.75) is 137 Å². The van der Waals surface area contributed by atoms with Gasteiger partial charge < -0.3 is 106 Å². The SMILES string of the molecule is CC(=O)N[C@@H]1[C@@H](O[C@@H]2O[C@H](C(=O)O)[C@H](O[C@H]3O[C@H](CO)[C@H](O[C@H]4O[C@H](C(N)=O)[C@H](O)[C@H](O)[C@H]4O)[C@H](O)[C@H]3NC(C)=O)[C@H](O)[C@H]2O)[C@H](O)[C@@H](CO)O[C@@H]1O. The van der Waals surface area contributed by atoms with Crippen LogP contribution >= 0.6 is 0 Å². The molecule has 0 saturated carbocycles. The fourth-order valence-electron chi connectivity index (χ4n) is 6.33. The smallest absolute Gasteiger partial charge is 0.335 e. The molecule has 53 heavy (non-hydrogen) atoms. The minimum atomic E-state index is -2.27. The second kappa shape index (κ2) is 17.8. The van der Waals surface area contributed by atoms with Crippen molar-refractivity contribution in [3.8, 4) is 0 Å². The van der Waals surface area contributed by atoms with E-state index in [9.17, 15) is 75.3 Å². The zero-order chi connectivity index (χ0) is 39.6. The van der Waals surface area contributed by atoms with Crippen LogP contribution in [-0.4, -0.2) is 216 Å². The van der Waals surface area contributed by atoms with Crippen LogP contribution < -0.4 is 16.4 Å². The molecule has 0 aromatic rings. The van der Waals surface area contributed by atoms with Crippen molar-refractivity contribution in [1.29, 1.82) is 0 Å². The first-order valence-corrected chi connectivity index (χ1v) is 16.1. The molecule has 4 aliphatic heterocycles. The van der Waals surface area contributed by atoms with Crippen molar-refractivity contribution in [1.82, 2.24) is 10.6 Å². The van der Waals surface area contributed by atoms with Crippen LogP contribution in [0.3, 0.4) is 0 Å². The molecule has 3 amide bonds. The number of aliphatic hydroxyl groups is 10. The predicted molar refractivity (Wildman–Crippen MR) is 160 cm³/mol. The van der Waals surface area contributed by atoms with Gasteiger partial charge in [0, 0.05) is 13.8 Å². The van der Waals surface area contributed by atoms with E-state index in [-0.39, 0.29) is 0 Å². The van der Waals surface area contributed by atoms with Gasteiger partial charge in [-0.3, -0.25) is 14.4 Å². The van der Waals surface area contributed by atoms with Gasteiger partial charge in [-0.15, -0.1) is 0 Å². The van der Waals surface area contributed by atoms with E-state index in [1.54, 1.807) is 0 Å². The molecule has 25 nitrogen and oxygen atoms in total. The Kier molecular flexibility index (Phi) is 14.4. The highest BCUT2D eigenvalue weighted by Gasteiger charge is 2.57. The Labute approximate surface area is 298 Å². The van der Waals surface area contributed by atoms with Gasteiger partial charge in [-0.05, 0) is 0 Å². The number of aliphatic carboxylic acids is 1. The summed E-state index contributed by atoms with van der Waals surface area (Å²) in [6.07, 6.45) is -35.4. The molecule has 4 rings (SSSR count). The van der Waals surface area contributed by atoms with Crippen LogP contribution in [0.4, 0.5) is 0 Å². The third-order valence-electron chi connectivity index (χ3n) is 8.98. The highest BCUT2D eigenvalue weighted by Crippen LogP contribution is 2.34. The molecule has 20 atom stereocenters. The number of nitrogens with one attached hydrogen (secondary N) is 2. The molecule has 4 fully saturated rings. The van der Waals surface area contributed by atoms with E-state index in [0.29, 0.717) is 0 Å². The lowest BCUT2D eigenvalue weighted by atomic mass is 9.94. The lowest BCUT2D eigenvalue weighted by molar-refractivity contribution is -0.369. The van der Waals surface area contributed by atoms with Crippen LogP contribution in [0, 0.1) is 0 Å². The lowest BCUT2D eigenvalue weighted by Gasteiger charge is -2.49. The molecule has 25 heteroatoms. The third kappa shape index (κ3) is 9.19. The summed E-state index contributed by atoms with van der Waals surface area (Å²) in [6.45, 7) is 0.160. The zero-order valence-corrected chi connectivity index (χ0v) is 27.9. The van der Waals surface area contributed by atoms with E-state index < -0.39 is 160 Å². The number of aliphatic hydroxyl groups excluding tert-OH is 10. The van der Waals surface area contributed by atoms with Crippen LogP contribution in [0.1, 0.15) is 13.8 Å². The van der Waals surface area contributed by atoms with Gasteiger partial charge in [0.15, 0.2) is 37.4 Å². The summed E-state index contributed by atoms with van der Waals surface area (Å²) in [5.74, 6) is -4.69. The standard InChI is InChI=1S/C28H45N3O22/c1-5(34)30-9-12(37)18(49-27-16(41)13(38)14(39)21(52-27)23(29)43)8(4-33)48-26(9)51-20-15(40)17(42)28(53-22(20)24(44)45)50-19-10(31-6(2)35)25(46)47-7(3-32)11(19)36/h7-22,25-28,32-33,36-42,46H,3-4H2,1-2H3,(H2,29,43)(H,30,34)(H,31,35)(H,44,45)/t7-,8-,9-,10-,11-,12-,13+,14-,15-,16-,17-,18+,19-,20-,21+,22+,25+,26-,27+,28-/m1/s1. The van der Waals surface area contributed by atoms with Crippen molar-refractivity contribution >= 4 is 23.7 Å². The number of carboxylic acids is 1. The van der Waals surface area contributed by atoms with Crippen LogP contribution in [0.5, 0.6) is 0 Å². The van der Waals surface area contributed by atoms with Gasteiger partial charge in [0.2, 0.25) is 17.7 Å². The molecule has 15 N–H and O–H groups in total. The fraction of sp³-hybridized carbons (Fsp3) is 0.857. The van der Waals surface area contributed by atoms with Gasteiger partial charge in [-0.25, -0.2) is 4.79 Å². The van der Waals surface area contributed by atoms with E-state index in [1.165, 1.54) is 0 Å². The first-order valence-electron chi connectivity index (χ1n) is 16.1. The maximum atomic E-state index is 12.4. The Hall–Kier alpha value is -2.80. The number of nitrogens with two attached hydrogens (primary N) is 1. The number of amides is 3. The molecule has 0 bridgehead atoms. The number of carbonyl (C=O) groups excluding carboxylic acids is 3. The van der Waals surface area contributed by atoms with E-state index in [0.717, 1.165) is 13.8 Å². The first kappa shape index (κ1) is 42.9. The largest absolute Gasteiger partial charge is 0.479 e. The number of hydrogen-bond acceptors (Lipinski definition) is 21. The molecule has 4 aliphatic rings. The number of carbonyl (C=O) groups is 4. The van der Waals surface area contributed by atoms with Gasteiger partial charge in [-0.2, -0.15) is 0 Å². The summed E-state index contributed by atoms with van der Waals surface area (Å²) >= 11 is 0. The molecule has 0 unspecified atom stereocenters. The van der Waals surface area contributed by atoms with E-state index in [4.69, 9.17) is 38.9 Å². The van der Waals surface area contributed by atoms with Crippen molar-refractivity contribution < 1.29 is 109 Å². The number of ether oxygens (including phenoxy) is 7. The fourth-order valence-corrected chi connectivity index (χ4v) is 6.33. The maximum Gasteiger partial charge on any atom is 0.335 e. The molecule has 0 aromatic carbocycles. The second-order valence-corrected chi connectivity index (χ2v) is 12.8. The van der Waals surface area contributed by atoms with Crippen LogP contribution in [0.25, 0.3) is 0 Å². The van der Waals surface area contributed by atoms with Crippen molar-refractivity contribution in [2.75, 3.05) is 13.2 Å². The zero-order valence-electron chi connectivity index (χ0n) is 27.9. The normalized spacial score (nSPS) is 46.3. The van der Waals surface area contributed by atoms with Gasteiger partial charge in [-0.1, -0.05) is 0 Å². The average Bonchev–Trinajstić information content (AvgIpc) is 3.08. The Balaban J connectivity index is 1.57. The molecule has 0 spiro atoms. The van der Waals surface area contributed by atoms with Crippen molar-refractivity contribution in [2.24, 2.45) is 5.73 Å². The number of primary amides is 1. The van der Waals surface area contributed by atoms with E-state index in [2.05, 4.69) is 10.6 Å². The molecule has 4 saturated heterocycles. The Morgan fingerprint density at radius 3 is 1.60 bits per heavy atom. The first-order chi connectivity index (χ1) is 24.8. The van der Waals surface area contributed by atoms with Crippen molar-refractivity contribution in [3.05, 3.63) is 0 Å². The molecular weight excluding hydrogens is 730 g/mol. The van der Waals surface area contributed by atoms with Crippen LogP contribution in [0.2, 0.25) is 0 Å². The second-order valence-electron chi connectivity index (χ2n) is 12.8. The van der Waals surface area contributed by atoms with Crippen molar-refractivity contribution in [3.63, 3.8) is 0 Å². The number of carboxylic acid groups (broad SMARTS) is 1. The van der Waals surface area contributed by atoms with Gasteiger partial charge in [0.25, 0.3) is 0 Å². The topological polar surface area (TPSA) is 406 Å². The van der Waals surface area contributed by atoms with Crippen LogP contribution in [0.15, 0.2) is 0 Å². The molecule has 304 valence electrons. The van der Waals surface area contributed by atoms with Gasteiger partial charge >= 0.3 is 5.97 Å². The summed E-state index contributed by atoms with van der Waals surface area (Å²) in [6, 6.07) is -3.32. The summed E-state index contributed by atoms with van der Waals surface area (Å²) < 4.78 is 38.1. The Morgan fingerprint density at radius 1 is 0.566 bits per heavy atom. The van der Waals surface area contributed by atoms with Gasteiger partial charge in [0.05, 0.1) is 13.2 Å². The summed E-state index contributed by atoms with van der Waals surface area (Å²) in [5.41, 5.74) is 5.18. The van der Waals surface area contributed by atoms with E-state index in [1.807, 2.05) is 0 Å². The molecule has 0 aliphatic carbocycles. The number of hydrogen-bond donors (Lipinski definition) is 14. The Morgan fingerprint density at radius 2 is 1.08 bits per heavy atom. The highest BCUT2D eigenvalue weighted by atomic mass is 16.8. The molecular formula is C28H45N3O22. The van der Waals surface area contributed by atoms with Gasteiger partial charge in [0.1, 0.15) is 85.3 Å². The minimum Gasteiger partial charge on any atom is -0.479 e. The molecule has 4 heterocycles. The monoisotopic (exact) mass is 775 g/mol. The average molecular weight is 776 g/mol. The summed E-state index contributed by atoms with van der Waals surface area (Å²) in [7, 11) is 0. The van der Waals surface area contributed by atoms with Crippen LogP contribution in [-0.2, 0) is 52.3 Å². The highest BCUT2D eigenvalue weighted by molar-refractivity contribution is 5.79. The quantitative estimate of drug-likeness (QED) is 0.0875.